The second-order valence-electron chi connectivity index (χ2n) is 33.6. The molecule has 0 spiro atoms. The molecule has 3 aliphatic rings. The first-order valence-electron chi connectivity index (χ1n) is 42.4. The molecule has 3 aromatic carbocycles. The zero-order chi connectivity index (χ0) is 101. The number of nitriles is 3. The van der Waals surface area contributed by atoms with Crippen LogP contribution in [0.3, 0.4) is 0 Å². The fourth-order valence-electron chi connectivity index (χ4n) is 17.4. The third kappa shape index (κ3) is 17.7. The summed E-state index contributed by atoms with van der Waals surface area (Å²) in [5.74, 6) is -19.4. The fourth-order valence-corrected chi connectivity index (χ4v) is 19.1. The first-order valence-corrected chi connectivity index (χ1v) is 45.0. The Morgan fingerprint density at radius 1 is 0.399 bits per heavy atom. The Labute approximate surface area is 817 Å². The van der Waals surface area contributed by atoms with Crippen LogP contribution < -0.4 is 31.4 Å². The highest BCUT2D eigenvalue weighted by Gasteiger charge is 2.40. The van der Waals surface area contributed by atoms with Crippen LogP contribution >= 0.6 is 81.2 Å². The Balaban J connectivity index is 0.000000175. The van der Waals surface area contributed by atoms with Gasteiger partial charge in [-0.2, -0.15) is 24.6 Å². The number of carbonyl (C=O) groups excluding carboxylic acids is 3. The molecule has 0 aliphatic carbocycles. The summed E-state index contributed by atoms with van der Waals surface area (Å²) in [5, 5.41) is 57.9. The molecule has 0 bridgehead atoms. The molecule has 138 heavy (non-hydrogen) atoms. The molecule has 0 radical (unpaired) electrons. The second kappa shape index (κ2) is 40.3. The summed E-state index contributed by atoms with van der Waals surface area (Å²) in [6, 6.07) is 14.2. The third-order valence-corrected chi connectivity index (χ3v) is 26.4. The van der Waals surface area contributed by atoms with Crippen LogP contribution in [-0.2, 0) is 14.4 Å². The van der Waals surface area contributed by atoms with E-state index in [1.54, 1.807) is 101 Å². The minimum atomic E-state index is -1.89. The van der Waals surface area contributed by atoms with Gasteiger partial charge in [0.25, 0.3) is 16.7 Å². The third-order valence-electron chi connectivity index (χ3n) is 24.0. The highest BCUT2D eigenvalue weighted by atomic mass is 35.5. The molecule has 0 unspecified atom stereocenters. The largest absolute Gasteiger partial charge is 0.503 e. The maximum absolute atomic E-state index is 15.5. The van der Waals surface area contributed by atoms with Gasteiger partial charge in [0.15, 0.2) is 52.2 Å². The van der Waals surface area contributed by atoms with Gasteiger partial charge in [0.2, 0.25) is 29.4 Å². The summed E-state index contributed by atoms with van der Waals surface area (Å²) >= 11 is 44.4. The number of phenolic OH excluding ortho intramolecular Hbond substituents is 3. The van der Waals surface area contributed by atoms with Crippen molar-refractivity contribution in [1.82, 2.24) is 58.3 Å². The van der Waals surface area contributed by atoms with E-state index < -0.39 is 129 Å². The molecule has 15 rings (SSSR count). The Kier molecular flexibility index (Phi) is 29.8. The van der Waals surface area contributed by atoms with E-state index in [1.807, 2.05) is 60.6 Å². The van der Waals surface area contributed by atoms with Gasteiger partial charge in [0.1, 0.15) is 51.8 Å². The number of halogens is 15. The maximum Gasteiger partial charge on any atom is 0.276 e. The number of anilines is 3. The van der Waals surface area contributed by atoms with Gasteiger partial charge in [-0.15, -0.1) is 0 Å². The predicted molar refractivity (Wildman–Crippen MR) is 513 cm³/mol. The minimum absolute atomic E-state index is 0.0379. The first kappa shape index (κ1) is 102. The van der Waals surface area contributed by atoms with Crippen molar-refractivity contribution in [3.63, 3.8) is 0 Å². The number of aryl methyl sites for hydroxylation is 3. The van der Waals surface area contributed by atoms with Gasteiger partial charge < -0.3 is 44.7 Å². The zero-order valence-electron chi connectivity index (χ0n) is 75.4. The molecule has 714 valence electrons. The minimum Gasteiger partial charge on any atom is -0.503 e. The van der Waals surface area contributed by atoms with Crippen LogP contribution in [0.25, 0.3) is 83.9 Å². The standard InChI is InChI=1S/C32H27Cl3F2N6O3.2C32H27Cl2F3N6O3/c1-6-20(44)42-10-9-41(13-16(42)5)29-17-11-19(33)27(21-22(34)23(35)25(37)30(45)24(21)36)40-31(17)43(32(46)18(29)12-38)28-15(4)7-8-39-26(28)14(2)3;2*1-6-20(44)42-10-9-41(13-16(42)5)29-17-11-19(33)27(21-22(34)24(36)25(37)30(45)23(21)35)40-31(17)43(32(46)18(29)12-38)28-15(4)7-8-39-26(28)14(2)3/h3*6-8,11,14,16,45H,1,9-10,13H2,2-5H3/t3*16-/m111/s1. The number of piperazine rings is 3. The van der Waals surface area contributed by atoms with Crippen LogP contribution in [0.5, 0.6) is 17.2 Å². The normalized spacial score (nSPS) is 15.0. The van der Waals surface area contributed by atoms with Crippen LogP contribution in [-0.4, -0.2) is 168 Å². The average Bonchev–Trinajstić information content (AvgIpc) is 0.726. The Bertz CT molecular complexity index is 6790. The summed E-state index contributed by atoms with van der Waals surface area (Å²) < 4.78 is 122. The number of hydrogen-bond donors (Lipinski definition) is 3. The van der Waals surface area contributed by atoms with E-state index in [2.05, 4.69) is 55.7 Å². The highest BCUT2D eigenvalue weighted by Crippen LogP contribution is 2.50. The number of rotatable bonds is 15. The number of phenols is 3. The van der Waals surface area contributed by atoms with Crippen LogP contribution in [0.1, 0.15) is 131 Å². The molecule has 3 saturated heterocycles. The van der Waals surface area contributed by atoms with Crippen molar-refractivity contribution in [2.24, 2.45) is 0 Å². The van der Waals surface area contributed by atoms with Crippen molar-refractivity contribution < 1.29 is 64.8 Å². The molecule has 3 aliphatic heterocycles. The predicted octanol–water partition coefficient (Wildman–Crippen LogP) is 19.7. The fraction of sp³-hybridized carbons (Fsp3) is 0.281. The van der Waals surface area contributed by atoms with Crippen molar-refractivity contribution in [2.75, 3.05) is 73.6 Å². The number of carbonyl (C=O) groups is 3. The Hall–Kier alpha value is -13.4. The molecule has 3 amide bonds. The molecular weight excluding hydrogens is 1950 g/mol. The van der Waals surface area contributed by atoms with E-state index in [0.717, 1.165) is 0 Å². The number of amides is 3. The van der Waals surface area contributed by atoms with E-state index in [0.29, 0.717) is 50.8 Å². The zero-order valence-corrected chi connectivity index (χ0v) is 80.7. The van der Waals surface area contributed by atoms with Crippen LogP contribution in [0.15, 0.2) is 107 Å². The Morgan fingerprint density at radius 3 is 0.891 bits per heavy atom. The number of fused-ring (bicyclic) bond motifs is 3. The topological polar surface area (TPSA) is 346 Å². The number of hydrogen-bond acceptors (Lipinski definition) is 21. The molecule has 0 saturated carbocycles. The van der Waals surface area contributed by atoms with E-state index in [1.165, 1.54) is 50.1 Å². The number of aromatic hydroxyl groups is 3. The van der Waals surface area contributed by atoms with E-state index >= 15 is 13.2 Å². The number of aromatic nitrogens is 9. The SMILES string of the molecule is C=CC(=O)N1CCN(c2c(C#N)c(=O)n(-c3c(C)ccnc3C(C)C)c3nc(-c4c(F)c(O)c(F)c(Cl)c4Cl)c(Cl)cc23)C[C@H]1C.C=CC(=O)N1CCN(c2c(C#N)c(=O)n(-c3c(C)ccnc3C(C)C)c3nc(-c4c(F)c(O)c(F)c(F)c4Cl)c(Cl)cc23)C[C@H]1C.C=CC(=O)N1CCN(c2c(C#N)c(=O)n(-c3c(C)ccnc3C(C)C)c3nc(-c4c(F)c(O)c(F)c(F)c4Cl)c(Cl)cc23)C[C@H]1C. The van der Waals surface area contributed by atoms with Crippen molar-refractivity contribution in [2.45, 2.75) is 119 Å². The molecule has 12 heterocycles. The van der Waals surface area contributed by atoms with Crippen molar-refractivity contribution in [3.05, 3.63) is 256 Å². The molecule has 3 atom stereocenters. The monoisotopic (exact) mass is 2030 g/mol. The van der Waals surface area contributed by atoms with Crippen molar-refractivity contribution >= 4 is 149 Å². The lowest BCUT2D eigenvalue weighted by Gasteiger charge is -2.41. The van der Waals surface area contributed by atoms with Crippen LogP contribution in [0.4, 0.5) is 52.2 Å². The second-order valence-corrected chi connectivity index (χ2v) is 36.3. The van der Waals surface area contributed by atoms with Gasteiger partial charge in [-0.05, 0) is 131 Å². The quantitative estimate of drug-likeness (QED) is 0.0371. The molecule has 3 N–H and O–H groups in total. The van der Waals surface area contributed by atoms with Crippen LogP contribution in [0.2, 0.25) is 35.2 Å². The first-order chi connectivity index (χ1) is 65.2. The molecular formula is C96H81Cl7F8N18O9. The van der Waals surface area contributed by atoms with Gasteiger partial charge in [0, 0.05) is 112 Å². The van der Waals surface area contributed by atoms with E-state index in [-0.39, 0.29) is 200 Å². The summed E-state index contributed by atoms with van der Waals surface area (Å²) in [7, 11) is 0. The molecule has 3 fully saturated rings. The Morgan fingerprint density at radius 2 is 0.652 bits per heavy atom. The maximum atomic E-state index is 15.5. The van der Waals surface area contributed by atoms with Gasteiger partial charge in [-0.3, -0.25) is 57.4 Å². The number of benzene rings is 3. The molecule has 42 heteroatoms. The summed E-state index contributed by atoms with van der Waals surface area (Å²) in [4.78, 5) is 118. The van der Waals surface area contributed by atoms with E-state index in [9.17, 15) is 81.8 Å². The lowest BCUT2D eigenvalue weighted by Crippen LogP contribution is -2.54. The molecule has 12 aromatic rings. The summed E-state index contributed by atoms with van der Waals surface area (Å²) in [6.45, 7) is 34.7. The van der Waals surface area contributed by atoms with Gasteiger partial charge in [0.05, 0.1) is 120 Å². The smallest absolute Gasteiger partial charge is 0.276 e. The van der Waals surface area contributed by atoms with E-state index in [4.69, 9.17) is 81.2 Å². The number of pyridine rings is 9. The highest BCUT2D eigenvalue weighted by molar-refractivity contribution is 6.45. The molecule has 9 aromatic heterocycles. The van der Waals surface area contributed by atoms with Crippen molar-refractivity contribution in [3.8, 4) is 86.3 Å². The van der Waals surface area contributed by atoms with Crippen molar-refractivity contribution in [1.29, 1.82) is 15.8 Å². The lowest BCUT2D eigenvalue weighted by atomic mass is 10.0. The molecule has 27 nitrogen and oxygen atoms in total. The van der Waals surface area contributed by atoms with Gasteiger partial charge >= 0.3 is 0 Å². The average molecular weight is 2030 g/mol. The lowest BCUT2D eigenvalue weighted by molar-refractivity contribution is -0.129. The van der Waals surface area contributed by atoms with Gasteiger partial charge in [-0.1, -0.05) is 142 Å². The number of nitrogens with zero attached hydrogens (tertiary/aromatic N) is 18. The van der Waals surface area contributed by atoms with Gasteiger partial charge in [-0.25, -0.2) is 41.3 Å². The van der Waals surface area contributed by atoms with Crippen LogP contribution in [0, 0.1) is 101 Å². The summed E-state index contributed by atoms with van der Waals surface area (Å²) in [6.07, 6.45) is 8.37. The summed E-state index contributed by atoms with van der Waals surface area (Å²) in [5.41, 5.74) is -1.96.